The summed E-state index contributed by atoms with van der Waals surface area (Å²) in [6, 6.07) is 15.3. The van der Waals surface area contributed by atoms with Gasteiger partial charge in [0.15, 0.2) is 0 Å². The predicted octanol–water partition coefficient (Wildman–Crippen LogP) is 3.90. The van der Waals surface area contributed by atoms with E-state index in [0.29, 0.717) is 5.75 Å². The monoisotopic (exact) mass is 261 g/mol. The van der Waals surface area contributed by atoms with Crippen LogP contribution >= 0.6 is 11.6 Å². The lowest BCUT2D eigenvalue weighted by Crippen LogP contribution is -2.17. The number of rotatable bonds is 4. The topological polar surface area (TPSA) is 32.3 Å². The maximum Gasteiger partial charge on any atom is 0.115 e. The molecule has 2 nitrogen and oxygen atoms in total. The third-order valence-corrected chi connectivity index (χ3v) is 3.13. The molecule has 2 N–H and O–H groups in total. The molecule has 2 aromatic rings. The third kappa shape index (κ3) is 3.49. The Kier molecular flexibility index (Phi) is 4.24. The number of phenols is 1. The molecule has 2 rings (SSSR count). The Hall–Kier alpha value is -1.51. The van der Waals surface area contributed by atoms with Crippen molar-refractivity contribution in [2.45, 2.75) is 19.5 Å². The molecule has 0 aromatic heterocycles. The molecule has 0 fully saturated rings. The Morgan fingerprint density at radius 1 is 1.17 bits per heavy atom. The van der Waals surface area contributed by atoms with E-state index in [1.807, 2.05) is 36.4 Å². The summed E-state index contributed by atoms with van der Waals surface area (Å²) in [6.07, 6.45) is 0. The molecular formula is C15H16ClNO. The molecule has 0 amide bonds. The first-order valence-corrected chi connectivity index (χ1v) is 6.30. The Morgan fingerprint density at radius 2 is 1.89 bits per heavy atom. The van der Waals surface area contributed by atoms with Gasteiger partial charge in [0.05, 0.1) is 0 Å². The van der Waals surface area contributed by atoms with Crippen molar-refractivity contribution in [1.82, 2.24) is 5.32 Å². The van der Waals surface area contributed by atoms with Gasteiger partial charge < -0.3 is 10.4 Å². The van der Waals surface area contributed by atoms with Crippen LogP contribution in [0.3, 0.4) is 0 Å². The van der Waals surface area contributed by atoms with E-state index >= 15 is 0 Å². The van der Waals surface area contributed by atoms with Crippen molar-refractivity contribution in [1.29, 1.82) is 0 Å². The predicted molar refractivity (Wildman–Crippen MR) is 74.8 cm³/mol. The normalized spacial score (nSPS) is 12.3. The van der Waals surface area contributed by atoms with Gasteiger partial charge in [-0.3, -0.25) is 0 Å². The largest absolute Gasteiger partial charge is 0.508 e. The van der Waals surface area contributed by atoms with Gasteiger partial charge in [-0.25, -0.2) is 0 Å². The summed E-state index contributed by atoms with van der Waals surface area (Å²) in [5, 5.41) is 13.4. The highest BCUT2D eigenvalue weighted by atomic mass is 35.5. The van der Waals surface area contributed by atoms with Gasteiger partial charge in [-0.2, -0.15) is 0 Å². The number of hydrogen-bond acceptors (Lipinski definition) is 2. The molecule has 0 aliphatic heterocycles. The minimum Gasteiger partial charge on any atom is -0.508 e. The summed E-state index contributed by atoms with van der Waals surface area (Å²) in [7, 11) is 0. The van der Waals surface area contributed by atoms with E-state index in [2.05, 4.69) is 12.2 Å². The Bertz CT molecular complexity index is 510. The molecule has 18 heavy (non-hydrogen) atoms. The summed E-state index contributed by atoms with van der Waals surface area (Å²) in [5.74, 6) is 0.292. The lowest BCUT2D eigenvalue weighted by atomic mass is 10.1. The zero-order valence-electron chi connectivity index (χ0n) is 10.2. The Morgan fingerprint density at radius 3 is 2.56 bits per heavy atom. The van der Waals surface area contributed by atoms with Gasteiger partial charge in [-0.1, -0.05) is 35.9 Å². The number of hydrogen-bond donors (Lipinski definition) is 2. The van der Waals surface area contributed by atoms with Gasteiger partial charge in [0.25, 0.3) is 0 Å². The molecule has 3 heteroatoms. The number of benzene rings is 2. The van der Waals surface area contributed by atoms with Crippen LogP contribution in [0.25, 0.3) is 0 Å². The van der Waals surface area contributed by atoms with E-state index in [1.165, 1.54) is 0 Å². The number of nitrogens with one attached hydrogen (secondary N) is 1. The van der Waals surface area contributed by atoms with Gasteiger partial charge in [-0.15, -0.1) is 0 Å². The molecule has 94 valence electrons. The van der Waals surface area contributed by atoms with Crippen LogP contribution in [0.1, 0.15) is 24.1 Å². The summed E-state index contributed by atoms with van der Waals surface area (Å²) in [4.78, 5) is 0. The second-order valence-electron chi connectivity index (χ2n) is 4.32. The standard InChI is InChI=1S/C15H16ClNO/c1-11(13-5-7-15(18)8-6-13)17-10-12-3-2-4-14(16)9-12/h2-9,11,17-18H,10H2,1H3. The fraction of sp³-hybridized carbons (Fsp3) is 0.200. The molecule has 1 atom stereocenters. The summed E-state index contributed by atoms with van der Waals surface area (Å²) < 4.78 is 0. The third-order valence-electron chi connectivity index (χ3n) is 2.89. The number of halogens is 1. The number of phenolic OH excluding ortho intramolecular Hbond substituents is 1. The summed E-state index contributed by atoms with van der Waals surface area (Å²) in [6.45, 7) is 2.86. The minimum atomic E-state index is 0.226. The highest BCUT2D eigenvalue weighted by molar-refractivity contribution is 6.30. The molecule has 0 radical (unpaired) electrons. The van der Waals surface area contributed by atoms with E-state index < -0.39 is 0 Å². The van der Waals surface area contributed by atoms with Crippen LogP contribution in [0, 0.1) is 0 Å². The van der Waals surface area contributed by atoms with Gasteiger partial charge >= 0.3 is 0 Å². The molecule has 2 aromatic carbocycles. The van der Waals surface area contributed by atoms with Gasteiger partial charge in [0.1, 0.15) is 5.75 Å². The zero-order chi connectivity index (χ0) is 13.0. The molecule has 0 heterocycles. The maximum absolute atomic E-state index is 9.24. The maximum atomic E-state index is 9.24. The van der Waals surface area contributed by atoms with E-state index in [4.69, 9.17) is 11.6 Å². The van der Waals surface area contributed by atoms with Crippen molar-refractivity contribution in [3.8, 4) is 5.75 Å². The minimum absolute atomic E-state index is 0.226. The molecular weight excluding hydrogens is 246 g/mol. The SMILES string of the molecule is CC(NCc1cccc(Cl)c1)c1ccc(O)cc1. The highest BCUT2D eigenvalue weighted by Gasteiger charge is 2.04. The Balaban J connectivity index is 1.96. The second-order valence-corrected chi connectivity index (χ2v) is 4.76. The number of aromatic hydroxyl groups is 1. The first-order valence-electron chi connectivity index (χ1n) is 5.92. The van der Waals surface area contributed by atoms with Crippen molar-refractivity contribution in [2.75, 3.05) is 0 Å². The van der Waals surface area contributed by atoms with E-state index in [0.717, 1.165) is 22.7 Å². The van der Waals surface area contributed by atoms with E-state index in [9.17, 15) is 5.11 Å². The average molecular weight is 262 g/mol. The van der Waals surface area contributed by atoms with Gasteiger partial charge in [0, 0.05) is 17.6 Å². The quantitative estimate of drug-likeness (QED) is 0.875. The van der Waals surface area contributed by atoms with Crippen LogP contribution in [0.4, 0.5) is 0 Å². The second kappa shape index (κ2) is 5.89. The van der Waals surface area contributed by atoms with Crippen LogP contribution < -0.4 is 5.32 Å². The van der Waals surface area contributed by atoms with Crippen molar-refractivity contribution >= 4 is 11.6 Å². The van der Waals surface area contributed by atoms with Gasteiger partial charge in [0.2, 0.25) is 0 Å². The van der Waals surface area contributed by atoms with Crippen molar-refractivity contribution in [3.05, 3.63) is 64.7 Å². The fourth-order valence-electron chi connectivity index (χ4n) is 1.80. The zero-order valence-corrected chi connectivity index (χ0v) is 11.0. The van der Waals surface area contributed by atoms with Crippen LogP contribution in [-0.4, -0.2) is 5.11 Å². The first kappa shape index (κ1) is 12.9. The van der Waals surface area contributed by atoms with Gasteiger partial charge in [-0.05, 0) is 42.3 Å². The molecule has 0 saturated heterocycles. The first-order chi connectivity index (χ1) is 8.65. The molecule has 1 unspecified atom stereocenters. The van der Waals surface area contributed by atoms with E-state index in [-0.39, 0.29) is 6.04 Å². The molecule has 0 bridgehead atoms. The summed E-state index contributed by atoms with van der Waals surface area (Å²) >= 11 is 5.94. The molecule has 0 saturated carbocycles. The average Bonchev–Trinajstić information content (AvgIpc) is 2.37. The molecule has 0 aliphatic carbocycles. The molecule has 0 aliphatic rings. The van der Waals surface area contributed by atoms with Crippen molar-refractivity contribution < 1.29 is 5.11 Å². The van der Waals surface area contributed by atoms with Crippen LogP contribution in [0.2, 0.25) is 5.02 Å². The van der Waals surface area contributed by atoms with Crippen LogP contribution in [0.5, 0.6) is 5.75 Å². The fourth-order valence-corrected chi connectivity index (χ4v) is 2.01. The van der Waals surface area contributed by atoms with E-state index in [1.54, 1.807) is 12.1 Å². The Labute approximate surface area is 112 Å². The molecule has 0 spiro atoms. The summed E-state index contributed by atoms with van der Waals surface area (Å²) in [5.41, 5.74) is 2.31. The van der Waals surface area contributed by atoms with Crippen molar-refractivity contribution in [3.63, 3.8) is 0 Å². The smallest absolute Gasteiger partial charge is 0.115 e. The lowest BCUT2D eigenvalue weighted by Gasteiger charge is -2.14. The lowest BCUT2D eigenvalue weighted by molar-refractivity contribution is 0.474. The van der Waals surface area contributed by atoms with Crippen LogP contribution in [0.15, 0.2) is 48.5 Å². The highest BCUT2D eigenvalue weighted by Crippen LogP contribution is 2.17. The van der Waals surface area contributed by atoms with Crippen molar-refractivity contribution in [2.24, 2.45) is 0 Å². The van der Waals surface area contributed by atoms with Crippen LogP contribution in [-0.2, 0) is 6.54 Å².